The Balaban J connectivity index is 1.50. The van der Waals surface area contributed by atoms with E-state index in [1.165, 1.54) is 5.56 Å². The van der Waals surface area contributed by atoms with Crippen molar-refractivity contribution in [3.05, 3.63) is 127 Å². The fourth-order valence-electron chi connectivity index (χ4n) is 4.86. The van der Waals surface area contributed by atoms with Gasteiger partial charge in [-0.25, -0.2) is 4.98 Å². The fourth-order valence-corrected chi connectivity index (χ4v) is 4.86. The van der Waals surface area contributed by atoms with Gasteiger partial charge in [-0.15, -0.1) is 0 Å². The Kier molecular flexibility index (Phi) is 5.55. The van der Waals surface area contributed by atoms with Crippen molar-refractivity contribution in [1.29, 1.82) is 0 Å². The van der Waals surface area contributed by atoms with Gasteiger partial charge in [-0.1, -0.05) is 78.9 Å². The first kappa shape index (κ1) is 21.8. The molecule has 0 aliphatic carbocycles. The third kappa shape index (κ3) is 3.93. The smallest absolute Gasteiger partial charge is 0.144 e. The summed E-state index contributed by atoms with van der Waals surface area (Å²) in [5.74, 6) is 0.989. The van der Waals surface area contributed by atoms with Gasteiger partial charge in [-0.3, -0.25) is 4.98 Å². The van der Waals surface area contributed by atoms with Crippen LogP contribution in [0.2, 0.25) is 0 Å². The lowest BCUT2D eigenvalue weighted by Crippen LogP contribution is -1.98. The Morgan fingerprint density at radius 1 is 0.750 bits per heavy atom. The molecule has 6 rings (SSSR count). The van der Waals surface area contributed by atoms with Gasteiger partial charge < -0.3 is 9.67 Å². The first-order chi connectivity index (χ1) is 17.7. The molecule has 0 fully saturated rings. The zero-order valence-electron chi connectivity index (χ0n) is 20.0. The van der Waals surface area contributed by atoms with Crippen LogP contribution in [0.25, 0.3) is 44.8 Å². The van der Waals surface area contributed by atoms with E-state index in [4.69, 9.17) is 4.98 Å². The van der Waals surface area contributed by atoms with E-state index in [0.717, 1.165) is 50.4 Å². The van der Waals surface area contributed by atoms with Crippen molar-refractivity contribution in [2.24, 2.45) is 7.05 Å². The lowest BCUT2D eigenvalue weighted by Gasteiger charge is -2.12. The maximum atomic E-state index is 11.0. The van der Waals surface area contributed by atoms with Crippen molar-refractivity contribution in [3.8, 4) is 39.5 Å². The van der Waals surface area contributed by atoms with Crippen LogP contribution in [-0.4, -0.2) is 19.6 Å². The first-order valence-corrected chi connectivity index (χ1v) is 12.0. The molecule has 174 valence electrons. The molecule has 0 atom stereocenters. The number of fused-ring (bicyclic) bond motifs is 1. The highest BCUT2D eigenvalue weighted by Crippen LogP contribution is 2.37. The van der Waals surface area contributed by atoms with Gasteiger partial charge >= 0.3 is 0 Å². The molecule has 1 N–H and O–H groups in total. The van der Waals surface area contributed by atoms with Crippen LogP contribution in [0, 0.1) is 0 Å². The number of pyridine rings is 1. The van der Waals surface area contributed by atoms with Crippen molar-refractivity contribution in [2.75, 3.05) is 0 Å². The molecular formula is C32H25N3O. The lowest BCUT2D eigenvalue weighted by molar-refractivity contribution is 0.476. The van der Waals surface area contributed by atoms with Crippen LogP contribution in [-0.2, 0) is 13.5 Å². The predicted octanol–water partition coefficient (Wildman–Crippen LogP) is 7.27. The van der Waals surface area contributed by atoms with Gasteiger partial charge in [-0.2, -0.15) is 0 Å². The molecule has 6 aromatic rings. The Labute approximate surface area is 210 Å². The van der Waals surface area contributed by atoms with E-state index in [9.17, 15) is 5.11 Å². The van der Waals surface area contributed by atoms with Crippen molar-refractivity contribution < 1.29 is 5.11 Å². The van der Waals surface area contributed by atoms with Crippen molar-refractivity contribution in [3.63, 3.8) is 0 Å². The highest BCUT2D eigenvalue weighted by atomic mass is 16.3. The van der Waals surface area contributed by atoms with E-state index in [-0.39, 0.29) is 5.75 Å². The van der Waals surface area contributed by atoms with Crippen molar-refractivity contribution in [2.45, 2.75) is 6.42 Å². The standard InChI is InChI=1S/C32H25N3O/c1-35-28-17-9-15-26(23-12-7-13-24(21-23)27-16-5-6-19-33-27)31(28)34-32(35)30-25(14-8-18-29(30)36)20-22-10-3-2-4-11-22/h2-19,21,36H,20H2,1H3. The molecule has 0 saturated carbocycles. The van der Waals surface area contributed by atoms with Gasteiger partial charge in [0.25, 0.3) is 0 Å². The number of aryl methyl sites for hydroxylation is 1. The Morgan fingerprint density at radius 2 is 1.53 bits per heavy atom. The molecule has 0 radical (unpaired) electrons. The molecular weight excluding hydrogens is 442 g/mol. The lowest BCUT2D eigenvalue weighted by atomic mass is 9.98. The number of hydrogen-bond acceptors (Lipinski definition) is 3. The van der Waals surface area contributed by atoms with Crippen LogP contribution in [0.1, 0.15) is 11.1 Å². The molecule has 0 amide bonds. The summed E-state index contributed by atoms with van der Waals surface area (Å²) in [7, 11) is 2.01. The van der Waals surface area contributed by atoms with Crippen molar-refractivity contribution in [1.82, 2.24) is 14.5 Å². The predicted molar refractivity (Wildman–Crippen MR) is 146 cm³/mol. The summed E-state index contributed by atoms with van der Waals surface area (Å²) >= 11 is 0. The van der Waals surface area contributed by atoms with Gasteiger partial charge in [0.1, 0.15) is 11.6 Å². The minimum absolute atomic E-state index is 0.237. The molecule has 4 aromatic carbocycles. The Bertz CT molecular complexity index is 1670. The number of hydrogen-bond donors (Lipinski definition) is 1. The van der Waals surface area contributed by atoms with Crippen LogP contribution in [0.3, 0.4) is 0 Å². The summed E-state index contributed by atoms with van der Waals surface area (Å²) in [6.07, 6.45) is 2.53. The second-order valence-electron chi connectivity index (χ2n) is 8.94. The molecule has 0 aliphatic rings. The molecule has 4 heteroatoms. The second kappa shape index (κ2) is 9.16. The quantitative estimate of drug-likeness (QED) is 0.290. The molecule has 36 heavy (non-hydrogen) atoms. The van der Waals surface area contributed by atoms with Crippen LogP contribution >= 0.6 is 0 Å². The SMILES string of the molecule is Cn1c(-c2c(O)cccc2Cc2ccccc2)nc2c(-c3cccc(-c4ccccn4)c3)cccc21. The van der Waals surface area contributed by atoms with E-state index >= 15 is 0 Å². The summed E-state index contributed by atoms with van der Waals surface area (Å²) in [5.41, 5.74) is 9.05. The van der Waals surface area contributed by atoms with E-state index in [0.29, 0.717) is 6.42 Å². The van der Waals surface area contributed by atoms with E-state index in [1.807, 2.05) is 55.7 Å². The number of benzene rings is 4. The van der Waals surface area contributed by atoms with Gasteiger partial charge in [-0.05, 0) is 53.4 Å². The van der Waals surface area contributed by atoms with E-state index < -0.39 is 0 Å². The van der Waals surface area contributed by atoms with Crippen LogP contribution < -0.4 is 0 Å². The number of aromatic hydroxyl groups is 1. The summed E-state index contributed by atoms with van der Waals surface area (Å²) in [6.45, 7) is 0. The number of imidazole rings is 1. The Morgan fingerprint density at radius 3 is 2.36 bits per heavy atom. The summed E-state index contributed by atoms with van der Waals surface area (Å²) in [4.78, 5) is 9.62. The van der Waals surface area contributed by atoms with Gasteiger partial charge in [0, 0.05) is 24.4 Å². The van der Waals surface area contributed by atoms with Crippen LogP contribution in [0.5, 0.6) is 5.75 Å². The topological polar surface area (TPSA) is 50.9 Å². The molecule has 0 spiro atoms. The maximum absolute atomic E-state index is 11.0. The molecule has 2 aromatic heterocycles. The minimum atomic E-state index is 0.237. The zero-order chi connectivity index (χ0) is 24.5. The highest BCUT2D eigenvalue weighted by molar-refractivity contribution is 5.95. The minimum Gasteiger partial charge on any atom is -0.507 e. The molecule has 0 saturated heterocycles. The third-order valence-corrected chi connectivity index (χ3v) is 6.64. The summed E-state index contributed by atoms with van der Waals surface area (Å²) < 4.78 is 2.07. The van der Waals surface area contributed by atoms with Crippen molar-refractivity contribution >= 4 is 11.0 Å². The second-order valence-corrected chi connectivity index (χ2v) is 8.94. The zero-order valence-corrected chi connectivity index (χ0v) is 20.0. The average Bonchev–Trinajstić information content (AvgIpc) is 3.26. The highest BCUT2D eigenvalue weighted by Gasteiger charge is 2.19. The van der Waals surface area contributed by atoms with E-state index in [1.54, 1.807) is 6.07 Å². The van der Waals surface area contributed by atoms with E-state index in [2.05, 4.69) is 70.2 Å². The number of phenols is 1. The largest absolute Gasteiger partial charge is 0.507 e. The number of phenolic OH excluding ortho intramolecular Hbond substituents is 1. The number of para-hydroxylation sites is 1. The van der Waals surface area contributed by atoms with Crippen LogP contribution in [0.15, 0.2) is 115 Å². The molecule has 0 bridgehead atoms. The monoisotopic (exact) mass is 467 g/mol. The number of aromatic nitrogens is 3. The van der Waals surface area contributed by atoms with Gasteiger partial charge in [0.05, 0.1) is 22.3 Å². The number of nitrogens with zero attached hydrogens (tertiary/aromatic N) is 3. The Hall–Kier alpha value is -4.70. The molecule has 0 aliphatic heterocycles. The third-order valence-electron chi connectivity index (χ3n) is 6.64. The van der Waals surface area contributed by atoms with Crippen LogP contribution in [0.4, 0.5) is 0 Å². The average molecular weight is 468 g/mol. The number of rotatable bonds is 5. The molecule has 4 nitrogen and oxygen atoms in total. The maximum Gasteiger partial charge on any atom is 0.144 e. The van der Waals surface area contributed by atoms with Gasteiger partial charge in [0.2, 0.25) is 0 Å². The molecule has 0 unspecified atom stereocenters. The summed E-state index contributed by atoms with van der Waals surface area (Å²) in [5, 5.41) is 11.0. The fraction of sp³-hybridized carbons (Fsp3) is 0.0625. The molecule has 2 heterocycles. The first-order valence-electron chi connectivity index (χ1n) is 12.0. The normalized spacial score (nSPS) is 11.1. The summed E-state index contributed by atoms with van der Waals surface area (Å²) in [6, 6.07) is 36.6. The van der Waals surface area contributed by atoms with Gasteiger partial charge in [0.15, 0.2) is 0 Å².